The normalized spacial score (nSPS) is 27.0. The fourth-order valence-corrected chi connectivity index (χ4v) is 0.682. The van der Waals surface area contributed by atoms with Gasteiger partial charge in [0, 0.05) is 13.1 Å². The molecule has 0 amide bonds. The van der Waals surface area contributed by atoms with Gasteiger partial charge in [-0.2, -0.15) is 0 Å². The molecule has 1 saturated heterocycles. The molecule has 0 spiro atoms. The van der Waals surface area contributed by atoms with Crippen LogP contribution in [0.5, 0.6) is 0 Å². The topological polar surface area (TPSA) is 30.5 Å². The maximum Gasteiger partial charge on any atom is 0.524 e. The predicted molar refractivity (Wildman–Crippen MR) is 29.2 cm³/mol. The van der Waals surface area contributed by atoms with Crippen LogP contribution >= 0.6 is 0 Å². The summed E-state index contributed by atoms with van der Waals surface area (Å²) in [6, 6.07) is 0. The van der Waals surface area contributed by atoms with Crippen LogP contribution in [0.15, 0.2) is 0 Å². The van der Waals surface area contributed by atoms with Crippen LogP contribution in [0.1, 0.15) is 0 Å². The fourth-order valence-electron chi connectivity index (χ4n) is 0.682. The van der Waals surface area contributed by atoms with E-state index in [9.17, 15) is 13.2 Å². The van der Waals surface area contributed by atoms with E-state index in [-0.39, 0.29) is 6.54 Å². The van der Waals surface area contributed by atoms with Gasteiger partial charge in [-0.25, -0.2) is 0 Å². The lowest BCUT2D eigenvalue weighted by molar-refractivity contribution is -0.375. The van der Waals surface area contributed by atoms with E-state index in [4.69, 9.17) is 0 Å². The first-order chi connectivity index (χ1) is 5.08. The monoisotopic (exact) mass is 170 g/mol. The molecule has 1 fully saturated rings. The number of halogens is 3. The average Bonchev–Trinajstić information content (AvgIpc) is 1.85. The molecular weight excluding hydrogens is 163 g/mol. The Morgan fingerprint density at radius 3 is 2.73 bits per heavy atom. The molecule has 1 aliphatic rings. The third kappa shape index (κ3) is 3.54. The molecule has 0 aliphatic carbocycles. The number of rotatable bonds is 1. The highest BCUT2D eigenvalue weighted by Crippen LogP contribution is 2.20. The number of morpholine rings is 1. The zero-order valence-electron chi connectivity index (χ0n) is 5.52. The minimum absolute atomic E-state index is 0.0516. The maximum atomic E-state index is 11.5. The van der Waals surface area contributed by atoms with Gasteiger partial charge in [0.2, 0.25) is 0 Å². The van der Waals surface area contributed by atoms with Crippen LogP contribution in [0.2, 0.25) is 0 Å². The summed E-state index contributed by atoms with van der Waals surface area (Å²) < 4.78 is 42.6. The number of hydrogen-bond acceptors (Lipinski definition) is 3. The third-order valence-corrected chi connectivity index (χ3v) is 1.05. The van der Waals surface area contributed by atoms with Gasteiger partial charge in [0.05, 0.1) is 0 Å². The van der Waals surface area contributed by atoms with Crippen molar-refractivity contribution in [1.29, 1.82) is 0 Å². The van der Waals surface area contributed by atoms with E-state index in [1.54, 1.807) is 0 Å². The Balaban J connectivity index is 2.24. The molecule has 1 aliphatic heterocycles. The first kappa shape index (κ1) is 8.76. The number of hydrogen-bond donors (Lipinski definition) is 1. The van der Waals surface area contributed by atoms with E-state index in [0.29, 0.717) is 6.54 Å². The van der Waals surface area contributed by atoms with Crippen LogP contribution in [0.4, 0.5) is 13.2 Å². The lowest BCUT2D eigenvalue weighted by Gasteiger charge is -2.23. The lowest BCUT2D eigenvalue weighted by atomic mass is 10.5. The molecule has 6 heteroatoms. The van der Waals surface area contributed by atoms with Gasteiger partial charge in [-0.05, 0) is 0 Å². The summed E-state index contributed by atoms with van der Waals surface area (Å²) in [5.41, 5.74) is 0. The van der Waals surface area contributed by atoms with Crippen molar-refractivity contribution in [2.24, 2.45) is 0 Å². The van der Waals surface area contributed by atoms with Crippen molar-refractivity contribution in [2.75, 3.05) is 13.1 Å². The molecule has 1 unspecified atom stereocenters. The first-order valence-electron chi connectivity index (χ1n) is 3.00. The van der Waals surface area contributed by atoms with Crippen LogP contribution in [0, 0.1) is 6.61 Å². The van der Waals surface area contributed by atoms with Crippen LogP contribution in [-0.2, 0) is 9.47 Å². The summed E-state index contributed by atoms with van der Waals surface area (Å²) in [6.45, 7) is 1.73. The van der Waals surface area contributed by atoms with Crippen LogP contribution in [0.3, 0.4) is 0 Å². The Morgan fingerprint density at radius 2 is 2.27 bits per heavy atom. The van der Waals surface area contributed by atoms with Gasteiger partial charge in [-0.3, -0.25) is 4.74 Å². The number of alkyl halides is 3. The van der Waals surface area contributed by atoms with E-state index in [1.807, 2.05) is 0 Å². The van der Waals surface area contributed by atoms with Crippen molar-refractivity contribution in [2.45, 2.75) is 12.7 Å². The van der Waals surface area contributed by atoms with Crippen LogP contribution in [0.25, 0.3) is 0 Å². The zero-order chi connectivity index (χ0) is 8.32. The maximum absolute atomic E-state index is 11.5. The standard InChI is InChI=1S/C5H7F3NO2/c6-5(7,8)11-4-3-9-1-2-10-4/h2,4,9H,1,3H2. The Hall–Kier alpha value is -0.330. The van der Waals surface area contributed by atoms with Crippen molar-refractivity contribution >= 4 is 0 Å². The van der Waals surface area contributed by atoms with Gasteiger partial charge in [-0.1, -0.05) is 0 Å². The van der Waals surface area contributed by atoms with E-state index in [0.717, 1.165) is 0 Å². The van der Waals surface area contributed by atoms with E-state index < -0.39 is 12.7 Å². The van der Waals surface area contributed by atoms with Crippen LogP contribution in [-0.4, -0.2) is 25.7 Å². The molecule has 0 saturated carbocycles. The van der Waals surface area contributed by atoms with E-state index in [2.05, 4.69) is 14.8 Å². The summed E-state index contributed by atoms with van der Waals surface area (Å²) >= 11 is 0. The van der Waals surface area contributed by atoms with Crippen molar-refractivity contribution in [3.05, 3.63) is 6.61 Å². The molecule has 0 aromatic carbocycles. The zero-order valence-corrected chi connectivity index (χ0v) is 5.52. The van der Waals surface area contributed by atoms with Gasteiger partial charge in [0.15, 0.2) is 6.29 Å². The molecule has 0 bridgehead atoms. The molecule has 1 N–H and O–H groups in total. The molecule has 1 atom stereocenters. The van der Waals surface area contributed by atoms with Gasteiger partial charge >= 0.3 is 6.36 Å². The second-order valence-electron chi connectivity index (χ2n) is 1.95. The largest absolute Gasteiger partial charge is 0.524 e. The van der Waals surface area contributed by atoms with Crippen molar-refractivity contribution < 1.29 is 22.6 Å². The Morgan fingerprint density at radius 1 is 1.55 bits per heavy atom. The summed E-state index contributed by atoms with van der Waals surface area (Å²) in [4.78, 5) is 0. The minimum atomic E-state index is -4.63. The highest BCUT2D eigenvalue weighted by molar-refractivity contribution is 4.66. The molecule has 3 nitrogen and oxygen atoms in total. The number of nitrogens with one attached hydrogen (secondary N) is 1. The molecule has 1 heterocycles. The highest BCUT2D eigenvalue weighted by Gasteiger charge is 2.34. The average molecular weight is 170 g/mol. The lowest BCUT2D eigenvalue weighted by Crippen LogP contribution is -2.40. The van der Waals surface area contributed by atoms with Crippen LogP contribution < -0.4 is 5.32 Å². The SMILES string of the molecule is FC(F)(F)OC1CNC[CH]O1. The van der Waals surface area contributed by atoms with Crippen molar-refractivity contribution in [3.8, 4) is 0 Å². The molecule has 1 radical (unpaired) electrons. The Kier molecular flexibility index (Phi) is 2.69. The minimum Gasteiger partial charge on any atom is -0.344 e. The molecular formula is C5H7F3NO2. The Labute approximate surface area is 61.5 Å². The predicted octanol–water partition coefficient (Wildman–Crippen LogP) is 0.630. The molecule has 65 valence electrons. The van der Waals surface area contributed by atoms with Gasteiger partial charge in [0.1, 0.15) is 6.61 Å². The third-order valence-electron chi connectivity index (χ3n) is 1.05. The van der Waals surface area contributed by atoms with E-state index in [1.165, 1.54) is 6.61 Å². The molecule has 1 rings (SSSR count). The summed E-state index contributed by atoms with van der Waals surface area (Å²) in [7, 11) is 0. The highest BCUT2D eigenvalue weighted by atomic mass is 19.4. The second-order valence-corrected chi connectivity index (χ2v) is 1.95. The number of ether oxygens (including phenoxy) is 2. The second kappa shape index (κ2) is 3.38. The summed E-state index contributed by atoms with van der Waals surface area (Å²) in [6.07, 6.45) is -5.87. The summed E-state index contributed by atoms with van der Waals surface area (Å²) in [5, 5.41) is 2.65. The molecule has 11 heavy (non-hydrogen) atoms. The molecule has 0 aromatic rings. The van der Waals surface area contributed by atoms with Gasteiger partial charge in [0.25, 0.3) is 0 Å². The smallest absolute Gasteiger partial charge is 0.344 e. The van der Waals surface area contributed by atoms with Gasteiger partial charge < -0.3 is 10.1 Å². The quantitative estimate of drug-likeness (QED) is 0.626. The van der Waals surface area contributed by atoms with Crippen molar-refractivity contribution in [1.82, 2.24) is 5.32 Å². The van der Waals surface area contributed by atoms with E-state index >= 15 is 0 Å². The Bertz CT molecular complexity index is 121. The summed E-state index contributed by atoms with van der Waals surface area (Å²) in [5.74, 6) is 0. The molecule has 0 aromatic heterocycles. The first-order valence-corrected chi connectivity index (χ1v) is 3.00. The fraction of sp³-hybridized carbons (Fsp3) is 0.800. The van der Waals surface area contributed by atoms with Gasteiger partial charge in [-0.15, -0.1) is 13.2 Å². The van der Waals surface area contributed by atoms with Crippen molar-refractivity contribution in [3.63, 3.8) is 0 Å².